The second-order valence-corrected chi connectivity index (χ2v) is 32.9. The SMILES string of the molecule is c1ccc(N(c2ccccc2)c2ccc3c(c2)c2ccccc2n3-c2cccc(-c3cc(-c4cccc(-n5c6ccccc6c6cc(N(c7ccccc7)c7ccccc7)ccc65)c4)nc(-c4cccc(-n5c6ccc(-c7ccc8c(c7)c7ccccc7n8-c7ccccc7)cc6c6cc(-c7ccc8c(c7)c7ccccc7n8-c7ccccc7)ccc65)c4)n3)c2)cc1. The van der Waals surface area contributed by atoms with Crippen molar-refractivity contribution in [3.05, 3.63) is 467 Å². The fourth-order valence-corrected chi connectivity index (χ4v) is 19.9. The third kappa shape index (κ3) is 12.2. The largest absolute Gasteiger partial charge is 0.310 e. The second-order valence-electron chi connectivity index (χ2n) is 32.9. The van der Waals surface area contributed by atoms with Gasteiger partial charge in [0.15, 0.2) is 5.82 Å². The zero-order chi connectivity index (χ0) is 83.6. The van der Waals surface area contributed by atoms with Crippen LogP contribution in [0.4, 0.5) is 34.1 Å². The average molecular weight is 1620 g/mol. The molecule has 0 aliphatic rings. The van der Waals surface area contributed by atoms with Crippen LogP contribution >= 0.6 is 0 Å². The van der Waals surface area contributed by atoms with E-state index < -0.39 is 0 Å². The first-order chi connectivity index (χ1) is 63.0. The number of hydrogen-bond donors (Lipinski definition) is 0. The van der Waals surface area contributed by atoms with Gasteiger partial charge in [0.1, 0.15) is 0 Å². The minimum Gasteiger partial charge on any atom is -0.310 e. The third-order valence-corrected chi connectivity index (χ3v) is 25.6. The van der Waals surface area contributed by atoms with Crippen molar-refractivity contribution in [2.24, 2.45) is 0 Å². The first-order valence-corrected chi connectivity index (χ1v) is 43.3. The Morgan fingerprint density at radius 2 is 0.378 bits per heavy atom. The van der Waals surface area contributed by atoms with Gasteiger partial charge in [-0.05, 0) is 247 Å². The maximum absolute atomic E-state index is 5.76. The molecule has 0 fully saturated rings. The quantitative estimate of drug-likeness (QED) is 0.0967. The summed E-state index contributed by atoms with van der Waals surface area (Å²) in [5.74, 6) is 0.597. The molecule has 6 aromatic heterocycles. The molecule has 0 aliphatic carbocycles. The summed E-state index contributed by atoms with van der Waals surface area (Å²) in [6, 6.07) is 170. The lowest BCUT2D eigenvalue weighted by Crippen LogP contribution is -2.09. The molecule has 0 spiro atoms. The van der Waals surface area contributed by atoms with Crippen LogP contribution in [0.1, 0.15) is 0 Å². The predicted molar refractivity (Wildman–Crippen MR) is 530 cm³/mol. The first-order valence-electron chi connectivity index (χ1n) is 43.3. The van der Waals surface area contributed by atoms with Crippen LogP contribution in [0.15, 0.2) is 467 Å². The number of aromatic nitrogens is 7. The standard InChI is InChI=1S/C118H77N9/c1-7-33-85(34-8-1)121(86-35-9-2-10-36-86)94-60-66-116-104(75-94)98-50-21-25-54-110(98)125(116)91-45-27-30-82(68-91)106-77-107(83-31-28-46-92(69-83)126-111-55-26-22-51-99(111)105-76-95(61-67-117(105)126)122(87-37-11-3-12-38-87)88-39-13-4-14-40-88)120-118(119-106)84-32-29-47-93(70-84)127-114-64-58-80(78-56-62-112-100(71-78)96-48-19-23-52-108(96)123(112)89-41-15-5-16-42-89)73-102(114)103-74-81(59-65-115(103)127)79-57-63-113-101(72-79)97-49-20-24-53-109(97)124(113)90-43-17-6-18-44-90/h1-77H. The lowest BCUT2D eigenvalue weighted by atomic mass is 9.98. The highest BCUT2D eigenvalue weighted by molar-refractivity contribution is 6.17. The molecule has 0 N–H and O–H groups in total. The van der Waals surface area contributed by atoms with Crippen LogP contribution in [-0.2, 0) is 0 Å². The molecule has 0 atom stereocenters. The van der Waals surface area contributed by atoms with Gasteiger partial charge in [-0.1, -0.05) is 243 Å². The predicted octanol–water partition coefficient (Wildman–Crippen LogP) is 31.2. The Bertz CT molecular complexity index is 8090. The van der Waals surface area contributed by atoms with Gasteiger partial charge in [0.25, 0.3) is 0 Å². The van der Waals surface area contributed by atoms with Gasteiger partial charge < -0.3 is 32.6 Å². The molecule has 25 aromatic rings. The molecule has 0 saturated heterocycles. The van der Waals surface area contributed by atoms with Crippen molar-refractivity contribution in [2.45, 2.75) is 0 Å². The van der Waals surface area contributed by atoms with Crippen molar-refractivity contribution in [1.29, 1.82) is 0 Å². The van der Waals surface area contributed by atoms with Crippen LogP contribution < -0.4 is 9.80 Å². The lowest BCUT2D eigenvalue weighted by molar-refractivity contribution is 1.15. The van der Waals surface area contributed by atoms with E-state index in [2.05, 4.69) is 500 Å². The smallest absolute Gasteiger partial charge is 0.160 e. The van der Waals surface area contributed by atoms with Crippen molar-refractivity contribution in [3.63, 3.8) is 0 Å². The molecule has 0 bridgehead atoms. The minimum absolute atomic E-state index is 0.597. The maximum Gasteiger partial charge on any atom is 0.160 e. The fraction of sp³-hybridized carbons (Fsp3) is 0. The highest BCUT2D eigenvalue weighted by Crippen LogP contribution is 2.47. The molecule has 0 radical (unpaired) electrons. The van der Waals surface area contributed by atoms with Gasteiger partial charge in [0.2, 0.25) is 0 Å². The van der Waals surface area contributed by atoms with E-state index in [1.807, 2.05) is 0 Å². The minimum atomic E-state index is 0.597. The van der Waals surface area contributed by atoms with Gasteiger partial charge in [0.05, 0.1) is 66.6 Å². The molecule has 594 valence electrons. The Morgan fingerprint density at radius 3 is 0.701 bits per heavy atom. The fourth-order valence-electron chi connectivity index (χ4n) is 19.9. The van der Waals surface area contributed by atoms with Crippen LogP contribution in [0.25, 0.3) is 194 Å². The number of para-hydroxylation sites is 10. The Labute approximate surface area is 732 Å². The molecular weight excluding hydrogens is 1540 g/mol. The number of benzene rings is 19. The topological polar surface area (TPSA) is 56.9 Å². The van der Waals surface area contributed by atoms with Crippen LogP contribution in [0.3, 0.4) is 0 Å². The van der Waals surface area contributed by atoms with Crippen molar-refractivity contribution in [3.8, 4) is 84.6 Å². The van der Waals surface area contributed by atoms with Crippen molar-refractivity contribution < 1.29 is 0 Å². The van der Waals surface area contributed by atoms with E-state index in [1.165, 1.54) is 43.6 Å². The van der Waals surface area contributed by atoms with Crippen LogP contribution in [0.2, 0.25) is 0 Å². The van der Waals surface area contributed by atoms with Crippen molar-refractivity contribution in [2.75, 3.05) is 9.80 Å². The van der Waals surface area contributed by atoms with E-state index in [1.54, 1.807) is 0 Å². The van der Waals surface area contributed by atoms with Crippen molar-refractivity contribution in [1.82, 2.24) is 32.8 Å². The van der Waals surface area contributed by atoms with E-state index in [-0.39, 0.29) is 0 Å². The molecule has 0 aliphatic heterocycles. The van der Waals surface area contributed by atoms with Crippen LogP contribution in [0, 0.1) is 0 Å². The lowest BCUT2D eigenvalue weighted by Gasteiger charge is -2.25. The molecule has 0 saturated carbocycles. The first kappa shape index (κ1) is 72.7. The van der Waals surface area contributed by atoms with Crippen LogP contribution in [-0.4, -0.2) is 32.8 Å². The van der Waals surface area contributed by atoms with Gasteiger partial charge in [-0.3, -0.25) is 0 Å². The summed E-state index contributed by atoms with van der Waals surface area (Å²) in [6.45, 7) is 0. The summed E-state index contributed by atoms with van der Waals surface area (Å²) in [4.78, 5) is 16.2. The summed E-state index contributed by atoms with van der Waals surface area (Å²) in [5, 5.41) is 11.8. The van der Waals surface area contributed by atoms with Gasteiger partial charge in [-0.25, -0.2) is 9.97 Å². The molecule has 19 aromatic carbocycles. The Morgan fingerprint density at radius 1 is 0.142 bits per heavy atom. The molecule has 9 heteroatoms. The highest BCUT2D eigenvalue weighted by Gasteiger charge is 2.25. The highest BCUT2D eigenvalue weighted by atomic mass is 15.2. The summed E-state index contributed by atoms with van der Waals surface area (Å²) in [7, 11) is 0. The molecule has 127 heavy (non-hydrogen) atoms. The summed E-state index contributed by atoms with van der Waals surface area (Å²) in [6.07, 6.45) is 0. The molecule has 6 heterocycles. The molecule has 0 amide bonds. The van der Waals surface area contributed by atoms with E-state index in [0.717, 1.165) is 178 Å². The van der Waals surface area contributed by atoms with E-state index in [9.17, 15) is 0 Å². The number of nitrogens with zero attached hydrogens (tertiary/aromatic N) is 9. The third-order valence-electron chi connectivity index (χ3n) is 25.6. The maximum atomic E-state index is 5.76. The number of rotatable bonds is 16. The van der Waals surface area contributed by atoms with E-state index >= 15 is 0 Å². The Balaban J connectivity index is 0.661. The molecule has 0 unspecified atom stereocenters. The van der Waals surface area contributed by atoms with Gasteiger partial charge >= 0.3 is 0 Å². The van der Waals surface area contributed by atoms with Gasteiger partial charge in [0, 0.05) is 133 Å². The molecule has 9 nitrogen and oxygen atoms in total. The van der Waals surface area contributed by atoms with E-state index in [0.29, 0.717) is 5.82 Å². The van der Waals surface area contributed by atoms with Crippen LogP contribution in [0.5, 0.6) is 0 Å². The van der Waals surface area contributed by atoms with Gasteiger partial charge in [-0.2, -0.15) is 0 Å². The zero-order valence-electron chi connectivity index (χ0n) is 69.0. The van der Waals surface area contributed by atoms with Crippen molar-refractivity contribution >= 4 is 143 Å². The second kappa shape index (κ2) is 29.9. The molecule has 25 rings (SSSR count). The molecular formula is C118H77N9. The summed E-state index contributed by atoms with van der Waals surface area (Å²) >= 11 is 0. The summed E-state index contributed by atoms with van der Waals surface area (Å²) < 4.78 is 12.0. The Kier molecular flexibility index (Phi) is 17.1. The van der Waals surface area contributed by atoms with E-state index in [4.69, 9.17) is 9.97 Å². The monoisotopic (exact) mass is 1620 g/mol. The Hall–Kier alpha value is -17.1. The van der Waals surface area contributed by atoms with Gasteiger partial charge in [-0.15, -0.1) is 0 Å². The number of fused-ring (bicyclic) bond motifs is 15. The number of anilines is 6. The average Bonchev–Trinajstić information content (AvgIpc) is 1.59. The zero-order valence-corrected chi connectivity index (χ0v) is 69.0. The number of hydrogen-bond acceptors (Lipinski definition) is 4. The normalized spacial score (nSPS) is 11.8. The summed E-state index contributed by atoms with van der Waals surface area (Å²) in [5.41, 5.74) is 31.9.